The number of benzene rings is 1. The fraction of sp³-hybridized carbons (Fsp3) is 0.571. The number of carbonyl (C=O) groups is 3. The minimum Gasteiger partial charge on any atom is -0.462 e. The average Bonchev–Trinajstić information content (AvgIpc) is 3.29. The van der Waals surface area contributed by atoms with E-state index in [-0.39, 0.29) is 29.8 Å². The van der Waals surface area contributed by atoms with E-state index in [4.69, 9.17) is 9.47 Å². The van der Waals surface area contributed by atoms with Gasteiger partial charge in [-0.05, 0) is 71.4 Å². The average molecular weight is 547 g/mol. The summed E-state index contributed by atoms with van der Waals surface area (Å²) >= 11 is 0. The number of amides is 2. The van der Waals surface area contributed by atoms with Crippen LogP contribution in [0.5, 0.6) is 0 Å². The second kappa shape index (κ2) is 10.2. The molecule has 2 aromatic rings. The topological polar surface area (TPSA) is 112 Å². The molecule has 39 heavy (non-hydrogen) atoms. The van der Waals surface area contributed by atoms with Crippen molar-refractivity contribution in [3.05, 3.63) is 46.8 Å². The van der Waals surface area contributed by atoms with Crippen molar-refractivity contribution in [1.82, 2.24) is 20.4 Å². The summed E-state index contributed by atoms with van der Waals surface area (Å²) in [6, 6.07) is 2.32. The van der Waals surface area contributed by atoms with E-state index in [2.05, 4.69) is 15.7 Å². The van der Waals surface area contributed by atoms with Crippen LogP contribution in [0.2, 0.25) is 0 Å². The van der Waals surface area contributed by atoms with E-state index < -0.39 is 46.8 Å². The van der Waals surface area contributed by atoms with Crippen LogP contribution >= 0.6 is 0 Å². The molecule has 0 aliphatic heterocycles. The predicted octanol–water partition coefficient (Wildman–Crippen LogP) is 4.41. The smallest absolute Gasteiger partial charge is 0.408 e. The highest BCUT2D eigenvalue weighted by Crippen LogP contribution is 2.57. The van der Waals surface area contributed by atoms with Crippen LogP contribution in [-0.2, 0) is 20.7 Å². The highest BCUT2D eigenvalue weighted by Gasteiger charge is 2.50. The van der Waals surface area contributed by atoms with Gasteiger partial charge in [-0.25, -0.2) is 23.1 Å². The van der Waals surface area contributed by atoms with Crippen LogP contribution in [0.4, 0.5) is 13.6 Å². The summed E-state index contributed by atoms with van der Waals surface area (Å²) in [5, 5.41) is 9.84. The number of aromatic nitrogens is 2. The van der Waals surface area contributed by atoms with E-state index in [9.17, 15) is 23.2 Å². The maximum Gasteiger partial charge on any atom is 0.408 e. The molecule has 2 aliphatic rings. The summed E-state index contributed by atoms with van der Waals surface area (Å²) in [6.07, 6.45) is 0.872. The molecule has 2 unspecified atom stereocenters. The van der Waals surface area contributed by atoms with E-state index in [1.165, 1.54) is 10.7 Å². The van der Waals surface area contributed by atoms with Crippen LogP contribution < -0.4 is 10.6 Å². The Morgan fingerprint density at radius 1 is 1.15 bits per heavy atom. The number of hydrogen-bond donors (Lipinski definition) is 2. The van der Waals surface area contributed by atoms with Gasteiger partial charge in [-0.15, -0.1) is 0 Å². The van der Waals surface area contributed by atoms with Gasteiger partial charge in [0, 0.05) is 17.5 Å². The first-order valence-electron chi connectivity index (χ1n) is 13.1. The molecule has 1 aromatic carbocycles. The highest BCUT2D eigenvalue weighted by atomic mass is 19.1. The molecule has 4 rings (SSSR count). The van der Waals surface area contributed by atoms with Gasteiger partial charge in [-0.3, -0.25) is 4.79 Å². The minimum absolute atomic E-state index is 0.0876. The van der Waals surface area contributed by atoms with Crippen molar-refractivity contribution < 1.29 is 32.6 Å². The SMILES string of the molecule is CC(C)[C@H](NC(=O)OC(C)(C)C)C(=O)OCC(C)(C)NC(=O)c1nn(-c2ccc(F)cc2F)c2c1CC1CC21. The summed E-state index contributed by atoms with van der Waals surface area (Å²) in [4.78, 5) is 38.3. The molecule has 0 spiro atoms. The fourth-order valence-electron chi connectivity index (χ4n) is 4.81. The number of fused-ring (bicyclic) bond motifs is 3. The van der Waals surface area contributed by atoms with Crippen LogP contribution in [0.15, 0.2) is 18.2 Å². The molecule has 0 bridgehead atoms. The van der Waals surface area contributed by atoms with Crippen molar-refractivity contribution in [2.45, 2.75) is 84.4 Å². The van der Waals surface area contributed by atoms with Gasteiger partial charge >= 0.3 is 12.1 Å². The number of rotatable bonds is 8. The second-order valence-electron chi connectivity index (χ2n) is 12.3. The summed E-state index contributed by atoms with van der Waals surface area (Å²) in [7, 11) is 0. The van der Waals surface area contributed by atoms with Crippen LogP contribution in [0, 0.1) is 23.5 Å². The molecule has 9 nitrogen and oxygen atoms in total. The zero-order chi connectivity index (χ0) is 28.9. The maximum absolute atomic E-state index is 14.6. The standard InChI is InChI=1S/C28H36F2N4O5/c1-14(2)21(31-26(37)39-27(3,4)5)25(36)38-13-28(6,7)32-24(35)22-18-11-15-10-17(15)23(18)34(33-22)20-9-8-16(29)12-19(20)30/h8-9,12,14-15,17,21H,10-11,13H2,1-7H3,(H,31,37)(H,32,35)/t15?,17?,21-/m0/s1. The Bertz CT molecular complexity index is 1300. The molecule has 11 heteroatoms. The molecule has 1 heterocycles. The van der Waals surface area contributed by atoms with Crippen molar-refractivity contribution in [3.8, 4) is 5.69 Å². The van der Waals surface area contributed by atoms with Crippen LogP contribution in [0.1, 0.15) is 82.6 Å². The molecule has 1 aromatic heterocycles. The fourth-order valence-corrected chi connectivity index (χ4v) is 4.81. The number of alkyl carbamates (subject to hydrolysis) is 1. The van der Waals surface area contributed by atoms with Crippen molar-refractivity contribution >= 4 is 18.0 Å². The molecular weight excluding hydrogens is 510 g/mol. The van der Waals surface area contributed by atoms with Crippen molar-refractivity contribution in [2.24, 2.45) is 11.8 Å². The van der Waals surface area contributed by atoms with Gasteiger partial charge in [0.05, 0.1) is 11.2 Å². The molecule has 2 N–H and O–H groups in total. The second-order valence-corrected chi connectivity index (χ2v) is 12.3. The number of halogens is 2. The van der Waals surface area contributed by atoms with E-state index in [0.717, 1.165) is 29.8 Å². The molecular formula is C28H36F2N4O5. The third-order valence-corrected chi connectivity index (χ3v) is 6.74. The van der Waals surface area contributed by atoms with Crippen LogP contribution in [0.3, 0.4) is 0 Å². The predicted molar refractivity (Wildman–Crippen MR) is 139 cm³/mol. The lowest BCUT2D eigenvalue weighted by Gasteiger charge is -2.28. The Hall–Kier alpha value is -3.50. The van der Waals surface area contributed by atoms with Crippen molar-refractivity contribution in [1.29, 1.82) is 0 Å². The Balaban J connectivity index is 1.45. The molecule has 3 atom stereocenters. The van der Waals surface area contributed by atoms with Crippen LogP contribution in [-0.4, -0.2) is 51.5 Å². The summed E-state index contributed by atoms with van der Waals surface area (Å²) in [5.74, 6) is -2.29. The maximum atomic E-state index is 14.6. The number of nitrogens with zero attached hydrogens (tertiary/aromatic N) is 2. The lowest BCUT2D eigenvalue weighted by atomic mass is 10.0. The number of esters is 1. The number of carbonyl (C=O) groups excluding carboxylic acids is 3. The Labute approximate surface area is 226 Å². The van der Waals surface area contributed by atoms with E-state index in [1.807, 2.05) is 0 Å². The molecule has 0 radical (unpaired) electrons. The van der Waals surface area contributed by atoms with Gasteiger partial charge < -0.3 is 20.1 Å². The van der Waals surface area contributed by atoms with Gasteiger partial charge in [-0.1, -0.05) is 13.8 Å². The monoisotopic (exact) mass is 546 g/mol. The Kier molecular flexibility index (Phi) is 7.48. The van der Waals surface area contributed by atoms with E-state index >= 15 is 0 Å². The van der Waals surface area contributed by atoms with Crippen molar-refractivity contribution in [3.63, 3.8) is 0 Å². The van der Waals surface area contributed by atoms with E-state index in [1.54, 1.807) is 48.5 Å². The molecule has 212 valence electrons. The first-order valence-corrected chi connectivity index (χ1v) is 13.1. The van der Waals surface area contributed by atoms with Gasteiger partial charge in [0.15, 0.2) is 11.5 Å². The number of ether oxygens (including phenoxy) is 2. The molecule has 2 amide bonds. The van der Waals surface area contributed by atoms with Crippen molar-refractivity contribution in [2.75, 3.05) is 6.61 Å². The number of nitrogens with one attached hydrogen (secondary N) is 2. The van der Waals surface area contributed by atoms with Gasteiger partial charge in [0.25, 0.3) is 5.91 Å². The molecule has 1 saturated carbocycles. The largest absolute Gasteiger partial charge is 0.462 e. The quantitative estimate of drug-likeness (QED) is 0.475. The van der Waals surface area contributed by atoms with Gasteiger partial charge in [-0.2, -0.15) is 5.10 Å². The van der Waals surface area contributed by atoms with Gasteiger partial charge in [0.2, 0.25) is 0 Å². The number of hydrogen-bond acceptors (Lipinski definition) is 6. The minimum atomic E-state index is -0.987. The summed E-state index contributed by atoms with van der Waals surface area (Å²) in [6.45, 7) is 11.9. The Morgan fingerprint density at radius 3 is 2.46 bits per heavy atom. The zero-order valence-electron chi connectivity index (χ0n) is 23.4. The zero-order valence-corrected chi connectivity index (χ0v) is 23.4. The molecule has 2 aliphatic carbocycles. The van der Waals surface area contributed by atoms with Crippen LogP contribution in [0.25, 0.3) is 5.69 Å². The first-order chi connectivity index (χ1) is 18.1. The highest BCUT2D eigenvalue weighted by molar-refractivity contribution is 5.95. The van der Waals surface area contributed by atoms with E-state index in [0.29, 0.717) is 12.3 Å². The lowest BCUT2D eigenvalue weighted by Crippen LogP contribution is -2.51. The van der Waals surface area contributed by atoms with Gasteiger partial charge in [0.1, 0.15) is 29.8 Å². The lowest BCUT2D eigenvalue weighted by molar-refractivity contribution is -0.149. The molecule has 0 saturated heterocycles. The third kappa shape index (κ3) is 6.39. The third-order valence-electron chi connectivity index (χ3n) is 6.74. The normalized spacial score (nSPS) is 18.7. The first kappa shape index (κ1) is 28.5. The summed E-state index contributed by atoms with van der Waals surface area (Å²) < 4.78 is 40.2. The molecule has 1 fully saturated rings. The Morgan fingerprint density at radius 2 is 1.85 bits per heavy atom. The summed E-state index contributed by atoms with van der Waals surface area (Å²) in [5.41, 5.74) is 0.0912.